The molecule has 0 aliphatic heterocycles. The van der Waals surface area contributed by atoms with Gasteiger partial charge in [-0.25, -0.2) is 0 Å². The van der Waals surface area contributed by atoms with Gasteiger partial charge in [0, 0.05) is 18.8 Å². The van der Waals surface area contributed by atoms with Crippen molar-refractivity contribution < 1.29 is 0 Å². The fourth-order valence-electron chi connectivity index (χ4n) is 1.75. The summed E-state index contributed by atoms with van der Waals surface area (Å²) in [5, 5.41) is 1.26. The van der Waals surface area contributed by atoms with E-state index in [9.17, 15) is 0 Å². The van der Waals surface area contributed by atoms with E-state index < -0.39 is 0 Å². The zero-order valence-corrected chi connectivity index (χ0v) is 13.0. The molecule has 0 N–H and O–H groups in total. The molecule has 0 heterocycles. The zero-order valence-electron chi connectivity index (χ0n) is 11.0. The summed E-state index contributed by atoms with van der Waals surface area (Å²) in [6.45, 7) is 6.88. The summed E-state index contributed by atoms with van der Waals surface area (Å²) in [5.41, 5.74) is 1.37. The molecule has 3 heteroatoms. The van der Waals surface area contributed by atoms with Crippen LogP contribution in [0, 0.1) is 0 Å². The maximum absolute atomic E-state index is 2.74. The summed E-state index contributed by atoms with van der Waals surface area (Å²) >= 11 is 0. The van der Waals surface area contributed by atoms with Gasteiger partial charge in [-0.3, -0.25) is 0 Å². The number of benzene rings is 1. The lowest BCUT2D eigenvalue weighted by atomic mass is 10.2. The predicted molar refractivity (Wildman–Crippen MR) is 85.1 cm³/mol. The van der Waals surface area contributed by atoms with Crippen molar-refractivity contribution in [3.63, 3.8) is 0 Å². The lowest BCUT2D eigenvalue weighted by Gasteiger charge is -2.24. The molecular formula is C14H25ClNP. The number of halogens is 1. The van der Waals surface area contributed by atoms with Crippen LogP contribution in [0.5, 0.6) is 0 Å². The SMILES string of the molecule is CCCCN(CCCC)c1ccc(P)cc1.Cl. The molecule has 1 nitrogen and oxygen atoms in total. The average Bonchev–Trinajstić information content (AvgIpc) is 2.31. The van der Waals surface area contributed by atoms with Crippen LogP contribution >= 0.6 is 21.6 Å². The van der Waals surface area contributed by atoms with E-state index in [1.165, 1.54) is 49.8 Å². The largest absolute Gasteiger partial charge is 0.372 e. The highest BCUT2D eigenvalue weighted by Crippen LogP contribution is 2.15. The Bertz CT molecular complexity index is 279. The van der Waals surface area contributed by atoms with Crippen molar-refractivity contribution in [2.45, 2.75) is 39.5 Å². The van der Waals surface area contributed by atoms with Crippen molar-refractivity contribution in [1.82, 2.24) is 0 Å². The van der Waals surface area contributed by atoms with Crippen LogP contribution in [-0.4, -0.2) is 13.1 Å². The number of anilines is 1. The maximum atomic E-state index is 2.74. The lowest BCUT2D eigenvalue weighted by Crippen LogP contribution is -2.25. The van der Waals surface area contributed by atoms with E-state index >= 15 is 0 Å². The first-order valence-electron chi connectivity index (χ1n) is 6.38. The lowest BCUT2D eigenvalue weighted by molar-refractivity contribution is 0.678. The third-order valence-corrected chi connectivity index (χ3v) is 3.21. The molecule has 0 saturated heterocycles. The Morgan fingerprint density at radius 2 is 1.41 bits per heavy atom. The van der Waals surface area contributed by atoms with Crippen LogP contribution < -0.4 is 10.2 Å². The van der Waals surface area contributed by atoms with Crippen LogP contribution in [0.25, 0.3) is 0 Å². The third kappa shape index (κ3) is 6.29. The van der Waals surface area contributed by atoms with Gasteiger partial charge in [-0.05, 0) is 30.3 Å². The highest BCUT2D eigenvalue weighted by molar-refractivity contribution is 7.27. The minimum atomic E-state index is 0. The first kappa shape index (κ1) is 16.7. The van der Waals surface area contributed by atoms with Crippen LogP contribution in [0.2, 0.25) is 0 Å². The molecule has 0 radical (unpaired) electrons. The minimum absolute atomic E-state index is 0. The molecule has 0 aliphatic rings. The molecule has 0 spiro atoms. The van der Waals surface area contributed by atoms with Crippen LogP contribution in [0.1, 0.15) is 39.5 Å². The molecule has 1 aromatic rings. The molecule has 1 atom stereocenters. The first-order chi connectivity index (χ1) is 7.77. The molecule has 98 valence electrons. The first-order valence-corrected chi connectivity index (χ1v) is 6.96. The fraction of sp³-hybridized carbons (Fsp3) is 0.571. The summed E-state index contributed by atoms with van der Waals surface area (Å²) in [7, 11) is 2.74. The van der Waals surface area contributed by atoms with Crippen molar-refractivity contribution in [3.8, 4) is 0 Å². The van der Waals surface area contributed by atoms with Crippen LogP contribution in [0.15, 0.2) is 24.3 Å². The van der Waals surface area contributed by atoms with Gasteiger partial charge in [-0.2, -0.15) is 0 Å². The molecule has 0 saturated carbocycles. The molecule has 17 heavy (non-hydrogen) atoms. The second-order valence-corrected chi connectivity index (χ2v) is 4.95. The van der Waals surface area contributed by atoms with Crippen molar-refractivity contribution in [3.05, 3.63) is 24.3 Å². The van der Waals surface area contributed by atoms with Crippen LogP contribution in [-0.2, 0) is 0 Å². The molecule has 1 unspecified atom stereocenters. The maximum Gasteiger partial charge on any atom is 0.0366 e. The third-order valence-electron chi connectivity index (χ3n) is 2.82. The van der Waals surface area contributed by atoms with Gasteiger partial charge in [0.1, 0.15) is 0 Å². The Labute approximate surface area is 115 Å². The summed E-state index contributed by atoms with van der Waals surface area (Å²) in [6.07, 6.45) is 5.10. The molecule has 0 bridgehead atoms. The normalized spacial score (nSPS) is 9.82. The van der Waals surface area contributed by atoms with Gasteiger partial charge < -0.3 is 4.90 Å². The van der Waals surface area contributed by atoms with E-state index in [0.717, 1.165) is 0 Å². The van der Waals surface area contributed by atoms with Gasteiger partial charge in [0.25, 0.3) is 0 Å². The second-order valence-electron chi connectivity index (χ2n) is 4.29. The van der Waals surface area contributed by atoms with E-state index in [1.807, 2.05) is 0 Å². The quantitative estimate of drug-likeness (QED) is 0.679. The Hall–Kier alpha value is -0.260. The van der Waals surface area contributed by atoms with Crippen LogP contribution in [0.4, 0.5) is 5.69 Å². The Balaban J connectivity index is 0.00000256. The van der Waals surface area contributed by atoms with E-state index in [-0.39, 0.29) is 12.4 Å². The predicted octanol–water partition coefficient (Wildman–Crippen LogP) is 4.02. The van der Waals surface area contributed by atoms with Crippen molar-refractivity contribution in [2.24, 2.45) is 0 Å². The van der Waals surface area contributed by atoms with E-state index in [1.54, 1.807) is 0 Å². The zero-order chi connectivity index (χ0) is 11.8. The number of hydrogen-bond acceptors (Lipinski definition) is 1. The van der Waals surface area contributed by atoms with Gasteiger partial charge in [0.05, 0.1) is 0 Å². The van der Waals surface area contributed by atoms with E-state index in [4.69, 9.17) is 0 Å². The molecule has 1 rings (SSSR count). The molecular weight excluding hydrogens is 249 g/mol. The summed E-state index contributed by atoms with van der Waals surface area (Å²) in [4.78, 5) is 2.51. The second kappa shape index (κ2) is 9.74. The minimum Gasteiger partial charge on any atom is -0.372 e. The summed E-state index contributed by atoms with van der Waals surface area (Å²) in [5.74, 6) is 0. The molecule has 0 aromatic heterocycles. The summed E-state index contributed by atoms with van der Waals surface area (Å²) in [6, 6.07) is 8.80. The number of unbranched alkanes of at least 4 members (excludes halogenated alkanes) is 2. The van der Waals surface area contributed by atoms with Gasteiger partial charge in [0.15, 0.2) is 0 Å². The highest BCUT2D eigenvalue weighted by Gasteiger charge is 2.04. The smallest absolute Gasteiger partial charge is 0.0366 e. The topological polar surface area (TPSA) is 3.24 Å². The van der Waals surface area contributed by atoms with Crippen molar-refractivity contribution in [1.29, 1.82) is 0 Å². The van der Waals surface area contributed by atoms with Gasteiger partial charge in [-0.15, -0.1) is 21.6 Å². The highest BCUT2D eigenvalue weighted by atomic mass is 35.5. The van der Waals surface area contributed by atoms with Gasteiger partial charge in [-0.1, -0.05) is 38.8 Å². The molecule has 0 aliphatic carbocycles. The standard InChI is InChI=1S/C14H24NP.ClH/c1-3-5-11-15(12-6-4-2)13-7-9-14(16)10-8-13;/h7-10H,3-6,11-12,16H2,1-2H3;1H. The van der Waals surface area contributed by atoms with Crippen molar-refractivity contribution >= 4 is 32.6 Å². The average molecular weight is 274 g/mol. The number of rotatable bonds is 7. The fourth-order valence-corrected chi connectivity index (χ4v) is 1.95. The molecule has 0 fully saturated rings. The van der Waals surface area contributed by atoms with Crippen LogP contribution in [0.3, 0.4) is 0 Å². The van der Waals surface area contributed by atoms with E-state index in [0.29, 0.717) is 0 Å². The molecule has 0 amide bonds. The molecule has 1 aromatic carbocycles. The number of hydrogen-bond donors (Lipinski definition) is 0. The van der Waals surface area contributed by atoms with Crippen molar-refractivity contribution in [2.75, 3.05) is 18.0 Å². The summed E-state index contributed by atoms with van der Waals surface area (Å²) < 4.78 is 0. The van der Waals surface area contributed by atoms with E-state index in [2.05, 4.69) is 52.3 Å². The monoisotopic (exact) mass is 273 g/mol. The van der Waals surface area contributed by atoms with Gasteiger partial charge in [0.2, 0.25) is 0 Å². The Morgan fingerprint density at radius 1 is 0.941 bits per heavy atom. The Kier molecular flexibility index (Phi) is 9.59. The number of nitrogens with zero attached hydrogens (tertiary/aromatic N) is 1. The Morgan fingerprint density at radius 3 is 1.82 bits per heavy atom. The van der Waals surface area contributed by atoms with Gasteiger partial charge >= 0.3 is 0 Å².